The van der Waals surface area contributed by atoms with Crippen molar-refractivity contribution >= 4 is 11.8 Å². The van der Waals surface area contributed by atoms with Gasteiger partial charge in [-0.3, -0.25) is 5.32 Å². The van der Waals surface area contributed by atoms with Crippen LogP contribution in [0.4, 0.5) is 10.5 Å². The van der Waals surface area contributed by atoms with Crippen molar-refractivity contribution in [3.8, 4) is 11.5 Å². The number of carbonyl (C=O) groups is 1. The van der Waals surface area contributed by atoms with Gasteiger partial charge in [-0.05, 0) is 26.0 Å². The van der Waals surface area contributed by atoms with E-state index in [1.807, 2.05) is 0 Å². The average molecular weight is 225 g/mol. The Kier molecular flexibility index (Phi) is 3.99. The molecule has 5 heteroatoms. The minimum absolute atomic E-state index is 0.0403. The molecule has 1 amide bonds. The molecule has 0 unspecified atom stereocenters. The van der Waals surface area contributed by atoms with Gasteiger partial charge in [0.2, 0.25) is 0 Å². The van der Waals surface area contributed by atoms with Crippen LogP contribution in [0.5, 0.6) is 11.5 Å². The van der Waals surface area contributed by atoms with Crippen molar-refractivity contribution in [1.29, 1.82) is 0 Å². The monoisotopic (exact) mass is 225 g/mol. The zero-order chi connectivity index (χ0) is 12.1. The summed E-state index contributed by atoms with van der Waals surface area (Å²) in [6.45, 7) is 3.48. The normalized spacial score (nSPS) is 10.0. The predicted molar refractivity (Wildman–Crippen MR) is 59.9 cm³/mol. The fraction of sp³-hybridized carbons (Fsp3) is 0.364. The van der Waals surface area contributed by atoms with E-state index in [9.17, 15) is 9.90 Å². The van der Waals surface area contributed by atoms with E-state index in [2.05, 4.69) is 5.32 Å². The van der Waals surface area contributed by atoms with Crippen LogP contribution < -0.4 is 10.1 Å². The highest BCUT2D eigenvalue weighted by molar-refractivity contribution is 5.87. The maximum Gasteiger partial charge on any atom is 0.411 e. The molecular weight excluding hydrogens is 210 g/mol. The molecule has 0 aliphatic heterocycles. The number of hydrogen-bond acceptors (Lipinski definition) is 4. The molecule has 0 heterocycles. The van der Waals surface area contributed by atoms with Crippen LogP contribution in [-0.2, 0) is 4.74 Å². The highest BCUT2D eigenvalue weighted by Gasteiger charge is 2.09. The summed E-state index contributed by atoms with van der Waals surface area (Å²) >= 11 is 0. The third kappa shape index (κ3) is 3.34. The molecule has 0 saturated heterocycles. The van der Waals surface area contributed by atoms with Gasteiger partial charge in [-0.1, -0.05) is 0 Å². The lowest BCUT2D eigenvalue weighted by Crippen LogP contribution is -2.18. The number of hydrogen-bond donors (Lipinski definition) is 2. The molecule has 0 bridgehead atoms. The van der Waals surface area contributed by atoms with Gasteiger partial charge in [-0.15, -0.1) is 0 Å². The van der Waals surface area contributed by atoms with E-state index in [0.717, 1.165) is 0 Å². The Morgan fingerprint density at radius 2 is 2.12 bits per heavy atom. The Bertz CT molecular complexity index is 376. The summed E-state index contributed by atoms with van der Waals surface area (Å²) in [7, 11) is 1.50. The molecule has 0 aromatic heterocycles. The molecule has 0 fully saturated rings. The van der Waals surface area contributed by atoms with Gasteiger partial charge < -0.3 is 14.6 Å². The van der Waals surface area contributed by atoms with Crippen LogP contribution in [0.15, 0.2) is 18.2 Å². The number of amides is 1. The maximum atomic E-state index is 11.3. The zero-order valence-corrected chi connectivity index (χ0v) is 9.48. The molecule has 0 aliphatic carbocycles. The SMILES string of the molecule is COc1ccc(O)c(NC(=O)OC(C)C)c1. The van der Waals surface area contributed by atoms with Crippen molar-refractivity contribution in [3.05, 3.63) is 18.2 Å². The van der Waals surface area contributed by atoms with Crippen LogP contribution in [0.25, 0.3) is 0 Å². The van der Waals surface area contributed by atoms with Gasteiger partial charge >= 0.3 is 6.09 Å². The smallest absolute Gasteiger partial charge is 0.411 e. The van der Waals surface area contributed by atoms with Gasteiger partial charge in [0.05, 0.1) is 18.9 Å². The molecule has 1 aromatic rings. The molecule has 1 rings (SSSR count). The van der Waals surface area contributed by atoms with Gasteiger partial charge in [-0.25, -0.2) is 4.79 Å². The van der Waals surface area contributed by atoms with E-state index < -0.39 is 6.09 Å². The number of benzene rings is 1. The Hall–Kier alpha value is -1.91. The largest absolute Gasteiger partial charge is 0.506 e. The van der Waals surface area contributed by atoms with Gasteiger partial charge in [0.1, 0.15) is 11.5 Å². The van der Waals surface area contributed by atoms with E-state index in [1.54, 1.807) is 19.9 Å². The van der Waals surface area contributed by atoms with Crippen LogP contribution in [-0.4, -0.2) is 24.4 Å². The highest BCUT2D eigenvalue weighted by Crippen LogP contribution is 2.27. The van der Waals surface area contributed by atoms with Crippen molar-refractivity contribution in [1.82, 2.24) is 0 Å². The molecule has 0 atom stereocenters. The molecule has 0 saturated carbocycles. The zero-order valence-electron chi connectivity index (χ0n) is 9.48. The second-order valence-electron chi connectivity index (χ2n) is 3.46. The Labute approximate surface area is 94.0 Å². The lowest BCUT2D eigenvalue weighted by molar-refractivity contribution is 0.130. The number of nitrogens with one attached hydrogen (secondary N) is 1. The standard InChI is InChI=1S/C11H15NO4/c1-7(2)16-11(14)12-9-6-8(15-3)4-5-10(9)13/h4-7,13H,1-3H3,(H,12,14). The first-order valence-electron chi connectivity index (χ1n) is 4.87. The lowest BCUT2D eigenvalue weighted by atomic mass is 10.3. The van der Waals surface area contributed by atoms with E-state index in [4.69, 9.17) is 9.47 Å². The number of carbonyl (C=O) groups excluding carboxylic acids is 1. The fourth-order valence-electron chi connectivity index (χ4n) is 1.10. The minimum Gasteiger partial charge on any atom is -0.506 e. The summed E-state index contributed by atoms with van der Waals surface area (Å²) < 4.78 is 9.85. The quantitative estimate of drug-likeness (QED) is 0.775. The minimum atomic E-state index is -0.612. The van der Waals surface area contributed by atoms with Gasteiger partial charge in [0, 0.05) is 6.07 Å². The summed E-state index contributed by atoms with van der Waals surface area (Å²) in [6, 6.07) is 4.54. The number of aromatic hydroxyl groups is 1. The molecule has 0 spiro atoms. The van der Waals surface area contributed by atoms with E-state index in [1.165, 1.54) is 19.2 Å². The van der Waals surface area contributed by atoms with Crippen LogP contribution >= 0.6 is 0 Å². The summed E-state index contributed by atoms with van der Waals surface area (Å²) in [4.78, 5) is 11.3. The highest BCUT2D eigenvalue weighted by atomic mass is 16.6. The van der Waals surface area contributed by atoms with E-state index in [0.29, 0.717) is 5.75 Å². The van der Waals surface area contributed by atoms with Crippen LogP contribution in [0.1, 0.15) is 13.8 Å². The van der Waals surface area contributed by atoms with Crippen molar-refractivity contribution in [2.75, 3.05) is 12.4 Å². The first-order chi connectivity index (χ1) is 7.52. The second kappa shape index (κ2) is 5.25. The molecule has 0 aliphatic rings. The topological polar surface area (TPSA) is 67.8 Å². The van der Waals surface area contributed by atoms with E-state index >= 15 is 0 Å². The van der Waals surface area contributed by atoms with Crippen molar-refractivity contribution in [2.24, 2.45) is 0 Å². The predicted octanol–water partition coefficient (Wildman–Crippen LogP) is 2.36. The molecule has 88 valence electrons. The third-order valence-electron chi connectivity index (χ3n) is 1.78. The maximum absolute atomic E-state index is 11.3. The van der Waals surface area contributed by atoms with Gasteiger partial charge in [-0.2, -0.15) is 0 Å². The lowest BCUT2D eigenvalue weighted by Gasteiger charge is -2.11. The Morgan fingerprint density at radius 1 is 1.44 bits per heavy atom. The molecular formula is C11H15NO4. The summed E-state index contributed by atoms with van der Waals surface area (Å²) in [6.07, 6.45) is -0.827. The fourth-order valence-corrected chi connectivity index (χ4v) is 1.10. The Balaban J connectivity index is 2.75. The number of methoxy groups -OCH3 is 1. The first-order valence-corrected chi connectivity index (χ1v) is 4.87. The number of ether oxygens (including phenoxy) is 2. The Morgan fingerprint density at radius 3 is 2.69 bits per heavy atom. The van der Waals surface area contributed by atoms with E-state index in [-0.39, 0.29) is 17.5 Å². The van der Waals surface area contributed by atoms with Crippen LogP contribution in [0.2, 0.25) is 0 Å². The number of phenols is 1. The molecule has 2 N–H and O–H groups in total. The first kappa shape index (κ1) is 12.2. The second-order valence-corrected chi connectivity index (χ2v) is 3.46. The molecule has 0 radical (unpaired) electrons. The van der Waals surface area contributed by atoms with Crippen LogP contribution in [0.3, 0.4) is 0 Å². The van der Waals surface area contributed by atoms with Crippen molar-refractivity contribution in [2.45, 2.75) is 20.0 Å². The van der Waals surface area contributed by atoms with Crippen molar-refractivity contribution < 1.29 is 19.4 Å². The van der Waals surface area contributed by atoms with Crippen molar-refractivity contribution in [3.63, 3.8) is 0 Å². The number of phenolic OH excluding ortho intramolecular Hbond substituents is 1. The van der Waals surface area contributed by atoms with Gasteiger partial charge in [0.25, 0.3) is 0 Å². The number of rotatable bonds is 3. The summed E-state index contributed by atoms with van der Waals surface area (Å²) in [5, 5.41) is 11.9. The van der Waals surface area contributed by atoms with Crippen LogP contribution in [0, 0.1) is 0 Å². The summed E-state index contributed by atoms with van der Waals surface area (Å²) in [5.74, 6) is 0.499. The third-order valence-corrected chi connectivity index (χ3v) is 1.78. The molecule has 16 heavy (non-hydrogen) atoms. The molecule has 5 nitrogen and oxygen atoms in total. The molecule has 1 aromatic carbocycles. The average Bonchev–Trinajstić information content (AvgIpc) is 2.20. The summed E-state index contributed by atoms with van der Waals surface area (Å²) in [5.41, 5.74) is 0.255. The number of anilines is 1. The van der Waals surface area contributed by atoms with Gasteiger partial charge in [0.15, 0.2) is 0 Å².